The number of rotatable bonds is 10. The van der Waals surface area contributed by atoms with Crippen LogP contribution < -0.4 is 5.32 Å². The molecule has 1 aliphatic heterocycles. The van der Waals surface area contributed by atoms with Crippen molar-refractivity contribution in [2.75, 3.05) is 32.4 Å². The smallest absolute Gasteiger partial charge is 0.238 e. The van der Waals surface area contributed by atoms with Crippen LogP contribution in [0.3, 0.4) is 0 Å². The van der Waals surface area contributed by atoms with Gasteiger partial charge in [0.15, 0.2) is 0 Å². The van der Waals surface area contributed by atoms with E-state index in [1.54, 1.807) is 0 Å². The Balaban J connectivity index is 1.72. The second-order valence-electron chi connectivity index (χ2n) is 6.95. The van der Waals surface area contributed by atoms with Crippen LogP contribution in [0.15, 0.2) is 30.3 Å². The van der Waals surface area contributed by atoms with Crippen LogP contribution in [0.1, 0.15) is 38.2 Å². The van der Waals surface area contributed by atoms with Gasteiger partial charge in [0.05, 0.1) is 5.75 Å². The Bertz CT molecular complexity index is 664. The first-order valence-electron chi connectivity index (χ1n) is 9.43. The summed E-state index contributed by atoms with van der Waals surface area (Å²) >= 11 is 0. The van der Waals surface area contributed by atoms with Crippen molar-refractivity contribution >= 4 is 15.9 Å². The van der Waals surface area contributed by atoms with Crippen LogP contribution in [-0.2, 0) is 21.4 Å². The van der Waals surface area contributed by atoms with Crippen molar-refractivity contribution in [3.05, 3.63) is 35.9 Å². The molecule has 1 aromatic rings. The molecule has 1 N–H and O–H groups in total. The molecule has 1 saturated heterocycles. The maximum Gasteiger partial charge on any atom is 0.238 e. The van der Waals surface area contributed by atoms with Crippen molar-refractivity contribution in [2.45, 2.75) is 45.2 Å². The lowest BCUT2D eigenvalue weighted by Gasteiger charge is -2.23. The van der Waals surface area contributed by atoms with Gasteiger partial charge in [-0.1, -0.05) is 37.3 Å². The van der Waals surface area contributed by atoms with Gasteiger partial charge >= 0.3 is 0 Å². The van der Waals surface area contributed by atoms with Gasteiger partial charge in [-0.3, -0.25) is 4.79 Å². The molecular weight excluding hydrogens is 350 g/mol. The van der Waals surface area contributed by atoms with E-state index in [1.165, 1.54) is 9.87 Å². The van der Waals surface area contributed by atoms with Crippen LogP contribution in [0, 0.1) is 0 Å². The Morgan fingerprint density at radius 1 is 1.31 bits per heavy atom. The summed E-state index contributed by atoms with van der Waals surface area (Å²) in [4.78, 5) is 14.6. The molecular formula is C19H31N3O3S. The van der Waals surface area contributed by atoms with E-state index in [1.807, 2.05) is 25.1 Å². The molecule has 0 radical (unpaired) electrons. The standard InChI is InChI=1S/C19H31N3O3S/c1-3-15-26(24,25)22-14-7-11-18(22)19(23)20-12-8-13-21(2)16-17-9-5-4-6-10-17/h4-6,9-10,18H,3,7-8,11-16H2,1-2H3,(H,20,23). The molecule has 1 amide bonds. The van der Waals surface area contributed by atoms with Crippen molar-refractivity contribution in [1.29, 1.82) is 0 Å². The molecule has 0 bridgehead atoms. The van der Waals surface area contributed by atoms with Crippen molar-refractivity contribution < 1.29 is 13.2 Å². The number of nitrogens with zero attached hydrogens (tertiary/aromatic N) is 2. The van der Waals surface area contributed by atoms with Gasteiger partial charge in [0.25, 0.3) is 0 Å². The molecule has 1 heterocycles. The normalized spacial score (nSPS) is 18.3. The topological polar surface area (TPSA) is 69.7 Å². The van der Waals surface area contributed by atoms with E-state index in [0.29, 0.717) is 25.9 Å². The Labute approximate surface area is 157 Å². The molecule has 7 heteroatoms. The van der Waals surface area contributed by atoms with Gasteiger partial charge in [0.1, 0.15) is 6.04 Å². The molecule has 1 atom stereocenters. The molecule has 0 aromatic heterocycles. The van der Waals surface area contributed by atoms with E-state index in [2.05, 4.69) is 29.4 Å². The van der Waals surface area contributed by atoms with Crippen LogP contribution >= 0.6 is 0 Å². The SMILES string of the molecule is CCCS(=O)(=O)N1CCCC1C(=O)NCCCN(C)Cc1ccccc1. The fraction of sp³-hybridized carbons (Fsp3) is 0.632. The third kappa shape index (κ3) is 6.07. The number of carbonyl (C=O) groups is 1. The van der Waals surface area contributed by atoms with E-state index in [9.17, 15) is 13.2 Å². The van der Waals surface area contributed by atoms with E-state index in [-0.39, 0.29) is 11.7 Å². The third-order valence-corrected chi connectivity index (χ3v) is 6.71. The number of amides is 1. The lowest BCUT2D eigenvalue weighted by atomic mass is 10.2. The molecule has 0 aliphatic carbocycles. The number of carbonyl (C=O) groups excluding carboxylic acids is 1. The molecule has 1 unspecified atom stereocenters. The lowest BCUT2D eigenvalue weighted by molar-refractivity contribution is -0.124. The number of nitrogens with one attached hydrogen (secondary N) is 1. The highest BCUT2D eigenvalue weighted by Gasteiger charge is 2.37. The van der Waals surface area contributed by atoms with E-state index >= 15 is 0 Å². The Hall–Kier alpha value is -1.44. The second-order valence-corrected chi connectivity index (χ2v) is 8.99. The minimum atomic E-state index is -3.32. The summed E-state index contributed by atoms with van der Waals surface area (Å²) in [6.45, 7) is 4.61. The number of benzene rings is 1. The first kappa shape index (κ1) is 20.9. The first-order valence-corrected chi connectivity index (χ1v) is 11.0. The zero-order valence-electron chi connectivity index (χ0n) is 15.9. The number of sulfonamides is 1. The van der Waals surface area contributed by atoms with Crippen LogP contribution in [0.25, 0.3) is 0 Å². The predicted molar refractivity (Wildman–Crippen MR) is 104 cm³/mol. The summed E-state index contributed by atoms with van der Waals surface area (Å²) in [6.07, 6.45) is 2.77. The van der Waals surface area contributed by atoms with Gasteiger partial charge in [-0.25, -0.2) is 8.42 Å². The molecule has 1 aliphatic rings. The first-order chi connectivity index (χ1) is 12.4. The monoisotopic (exact) mass is 381 g/mol. The summed E-state index contributed by atoms with van der Waals surface area (Å²) in [5, 5.41) is 2.92. The largest absolute Gasteiger partial charge is 0.355 e. The fourth-order valence-corrected chi connectivity index (χ4v) is 5.11. The zero-order valence-corrected chi connectivity index (χ0v) is 16.7. The molecule has 6 nitrogen and oxygen atoms in total. The third-order valence-electron chi connectivity index (χ3n) is 4.64. The molecule has 1 aromatic carbocycles. The molecule has 0 spiro atoms. The van der Waals surface area contributed by atoms with E-state index < -0.39 is 16.1 Å². The fourth-order valence-electron chi connectivity index (χ4n) is 3.36. The summed E-state index contributed by atoms with van der Waals surface area (Å²) < 4.78 is 26.0. The number of hydrogen-bond donors (Lipinski definition) is 1. The minimum absolute atomic E-state index is 0.112. The second kappa shape index (κ2) is 10.0. The van der Waals surface area contributed by atoms with Crippen LogP contribution in [-0.4, -0.2) is 62.0 Å². The van der Waals surface area contributed by atoms with Gasteiger partial charge in [0, 0.05) is 19.6 Å². The number of hydrogen-bond acceptors (Lipinski definition) is 4. The highest BCUT2D eigenvalue weighted by atomic mass is 32.2. The average Bonchev–Trinajstić information content (AvgIpc) is 3.10. The van der Waals surface area contributed by atoms with Crippen molar-refractivity contribution in [3.63, 3.8) is 0 Å². The lowest BCUT2D eigenvalue weighted by Crippen LogP contribution is -2.46. The summed E-state index contributed by atoms with van der Waals surface area (Å²) in [5.41, 5.74) is 1.27. The Kier molecular flexibility index (Phi) is 8.06. The van der Waals surface area contributed by atoms with Gasteiger partial charge in [-0.2, -0.15) is 4.31 Å². The molecule has 0 saturated carbocycles. The summed E-state index contributed by atoms with van der Waals surface area (Å²) in [6, 6.07) is 9.74. The Morgan fingerprint density at radius 2 is 2.04 bits per heavy atom. The van der Waals surface area contributed by atoms with Crippen molar-refractivity contribution in [2.24, 2.45) is 0 Å². The van der Waals surface area contributed by atoms with Gasteiger partial charge in [0.2, 0.25) is 15.9 Å². The van der Waals surface area contributed by atoms with Gasteiger partial charge < -0.3 is 10.2 Å². The van der Waals surface area contributed by atoms with Crippen molar-refractivity contribution in [3.8, 4) is 0 Å². The Morgan fingerprint density at radius 3 is 2.73 bits per heavy atom. The highest BCUT2D eigenvalue weighted by molar-refractivity contribution is 7.89. The van der Waals surface area contributed by atoms with E-state index in [4.69, 9.17) is 0 Å². The minimum Gasteiger partial charge on any atom is -0.355 e. The van der Waals surface area contributed by atoms with Gasteiger partial charge in [-0.05, 0) is 44.8 Å². The molecule has 2 rings (SSSR count). The molecule has 26 heavy (non-hydrogen) atoms. The maximum atomic E-state index is 12.4. The van der Waals surface area contributed by atoms with Crippen molar-refractivity contribution in [1.82, 2.24) is 14.5 Å². The van der Waals surface area contributed by atoms with Crippen LogP contribution in [0.5, 0.6) is 0 Å². The highest BCUT2D eigenvalue weighted by Crippen LogP contribution is 2.22. The molecule has 1 fully saturated rings. The quantitative estimate of drug-likeness (QED) is 0.628. The zero-order chi connectivity index (χ0) is 19.0. The van der Waals surface area contributed by atoms with Crippen LogP contribution in [0.4, 0.5) is 0 Å². The summed E-state index contributed by atoms with van der Waals surface area (Å²) in [5.74, 6) is -0.0472. The summed E-state index contributed by atoms with van der Waals surface area (Å²) in [7, 11) is -1.26. The predicted octanol–water partition coefficient (Wildman–Crippen LogP) is 1.83. The maximum absolute atomic E-state index is 12.4. The van der Waals surface area contributed by atoms with Crippen LogP contribution in [0.2, 0.25) is 0 Å². The van der Waals surface area contributed by atoms with E-state index in [0.717, 1.165) is 25.9 Å². The molecule has 146 valence electrons. The average molecular weight is 382 g/mol. The van der Waals surface area contributed by atoms with Gasteiger partial charge in [-0.15, -0.1) is 0 Å².